The normalized spacial score (nSPS) is 12.8. The van der Waals surface area contributed by atoms with E-state index in [4.69, 9.17) is 11.6 Å². The van der Waals surface area contributed by atoms with Crippen LogP contribution in [0.3, 0.4) is 0 Å². The SMILES string of the molecule is CCC(CC)C(Cl)CNC(=O)c1cn(C)nc1C. The van der Waals surface area contributed by atoms with Crippen LogP contribution in [0.2, 0.25) is 0 Å². The molecule has 1 amide bonds. The van der Waals surface area contributed by atoms with Crippen LogP contribution in [0.1, 0.15) is 42.7 Å². The fourth-order valence-corrected chi connectivity index (χ4v) is 2.51. The van der Waals surface area contributed by atoms with Gasteiger partial charge in [0.15, 0.2) is 0 Å². The number of rotatable bonds is 6. The summed E-state index contributed by atoms with van der Waals surface area (Å²) < 4.78 is 1.64. The molecule has 1 N–H and O–H groups in total. The maximum Gasteiger partial charge on any atom is 0.254 e. The highest BCUT2D eigenvalue weighted by molar-refractivity contribution is 6.21. The first-order valence-electron chi connectivity index (χ1n) is 6.42. The van der Waals surface area contributed by atoms with Crippen molar-refractivity contribution in [1.82, 2.24) is 15.1 Å². The number of halogens is 1. The summed E-state index contributed by atoms with van der Waals surface area (Å²) in [4.78, 5) is 12.0. The van der Waals surface area contributed by atoms with Crippen LogP contribution in [0.5, 0.6) is 0 Å². The molecule has 0 aliphatic carbocycles. The number of alkyl halides is 1. The molecular formula is C13H22ClN3O. The Labute approximate surface area is 114 Å². The number of amides is 1. The fourth-order valence-electron chi connectivity index (χ4n) is 2.07. The van der Waals surface area contributed by atoms with E-state index in [0.717, 1.165) is 18.5 Å². The number of aryl methyl sites for hydroxylation is 2. The summed E-state index contributed by atoms with van der Waals surface area (Å²) in [6.07, 6.45) is 3.80. The molecule has 0 aromatic carbocycles. The van der Waals surface area contributed by atoms with Gasteiger partial charge in [-0.1, -0.05) is 26.7 Å². The molecule has 0 radical (unpaired) electrons. The minimum atomic E-state index is -0.0998. The van der Waals surface area contributed by atoms with E-state index in [0.29, 0.717) is 18.0 Å². The zero-order chi connectivity index (χ0) is 13.7. The lowest BCUT2D eigenvalue weighted by molar-refractivity contribution is 0.0951. The number of nitrogens with zero attached hydrogens (tertiary/aromatic N) is 2. The first-order chi connectivity index (χ1) is 8.49. The van der Waals surface area contributed by atoms with Gasteiger partial charge in [-0.25, -0.2) is 0 Å². The second kappa shape index (κ2) is 6.78. The molecule has 0 bridgehead atoms. The van der Waals surface area contributed by atoms with E-state index in [1.165, 1.54) is 0 Å². The van der Waals surface area contributed by atoms with Gasteiger partial charge in [0.25, 0.3) is 5.91 Å². The molecule has 1 atom stereocenters. The molecule has 1 unspecified atom stereocenters. The van der Waals surface area contributed by atoms with Gasteiger partial charge in [0.2, 0.25) is 0 Å². The third kappa shape index (κ3) is 3.73. The van der Waals surface area contributed by atoms with Gasteiger partial charge in [-0.3, -0.25) is 9.48 Å². The number of nitrogens with one attached hydrogen (secondary N) is 1. The lowest BCUT2D eigenvalue weighted by Gasteiger charge is -2.19. The van der Waals surface area contributed by atoms with E-state index in [1.54, 1.807) is 17.9 Å². The molecule has 4 nitrogen and oxygen atoms in total. The standard InChI is InChI=1S/C13H22ClN3O/c1-5-10(6-2)12(14)7-15-13(18)11-8-17(4)16-9(11)3/h8,10,12H,5-7H2,1-4H3,(H,15,18). The van der Waals surface area contributed by atoms with Crippen molar-refractivity contribution in [1.29, 1.82) is 0 Å². The van der Waals surface area contributed by atoms with E-state index in [1.807, 2.05) is 6.92 Å². The Bertz CT molecular complexity index is 399. The highest BCUT2D eigenvalue weighted by Crippen LogP contribution is 2.17. The minimum absolute atomic E-state index is 0.0130. The average Bonchev–Trinajstić information content (AvgIpc) is 2.67. The predicted molar refractivity (Wildman–Crippen MR) is 74.0 cm³/mol. The Morgan fingerprint density at radius 1 is 1.50 bits per heavy atom. The van der Waals surface area contributed by atoms with Gasteiger partial charge >= 0.3 is 0 Å². The van der Waals surface area contributed by atoms with Crippen molar-refractivity contribution in [2.45, 2.75) is 39.0 Å². The third-order valence-electron chi connectivity index (χ3n) is 3.28. The van der Waals surface area contributed by atoms with Gasteiger partial charge in [0.1, 0.15) is 0 Å². The molecule has 5 heteroatoms. The average molecular weight is 272 g/mol. The van der Waals surface area contributed by atoms with Crippen LogP contribution in [0.25, 0.3) is 0 Å². The van der Waals surface area contributed by atoms with Gasteiger partial charge < -0.3 is 5.32 Å². The molecule has 1 aromatic heterocycles. The molecule has 1 heterocycles. The Morgan fingerprint density at radius 2 is 2.11 bits per heavy atom. The topological polar surface area (TPSA) is 46.9 Å². The fraction of sp³-hybridized carbons (Fsp3) is 0.692. The highest BCUT2D eigenvalue weighted by atomic mass is 35.5. The molecule has 1 aromatic rings. The Kier molecular flexibility index (Phi) is 5.66. The second-order valence-electron chi connectivity index (χ2n) is 4.60. The number of carbonyl (C=O) groups is 1. The Balaban J connectivity index is 2.53. The van der Waals surface area contributed by atoms with Gasteiger partial charge in [0, 0.05) is 19.8 Å². The number of hydrogen-bond acceptors (Lipinski definition) is 2. The van der Waals surface area contributed by atoms with Crippen LogP contribution in [-0.2, 0) is 7.05 Å². The van der Waals surface area contributed by atoms with Gasteiger partial charge in [-0.15, -0.1) is 11.6 Å². The van der Waals surface area contributed by atoms with Crippen molar-refractivity contribution in [2.24, 2.45) is 13.0 Å². The highest BCUT2D eigenvalue weighted by Gasteiger charge is 2.18. The van der Waals surface area contributed by atoms with Crippen molar-refractivity contribution in [2.75, 3.05) is 6.54 Å². The van der Waals surface area contributed by atoms with Crippen LogP contribution in [0.4, 0.5) is 0 Å². The summed E-state index contributed by atoms with van der Waals surface area (Å²) in [7, 11) is 1.80. The van der Waals surface area contributed by atoms with Crippen molar-refractivity contribution < 1.29 is 4.79 Å². The summed E-state index contributed by atoms with van der Waals surface area (Å²) in [6.45, 7) is 6.57. The van der Waals surface area contributed by atoms with E-state index in [9.17, 15) is 4.79 Å². The molecule has 0 saturated heterocycles. The largest absolute Gasteiger partial charge is 0.350 e. The maximum atomic E-state index is 12.0. The molecular weight excluding hydrogens is 250 g/mol. The summed E-state index contributed by atoms with van der Waals surface area (Å²) in [5.41, 5.74) is 1.36. The lowest BCUT2D eigenvalue weighted by atomic mass is 9.99. The molecule has 0 saturated carbocycles. The maximum absolute atomic E-state index is 12.0. The zero-order valence-corrected chi connectivity index (χ0v) is 12.3. The summed E-state index contributed by atoms with van der Waals surface area (Å²) in [6, 6.07) is 0. The molecule has 0 aliphatic heterocycles. The van der Waals surface area contributed by atoms with Gasteiger partial charge in [-0.2, -0.15) is 5.10 Å². The summed E-state index contributed by atoms with van der Waals surface area (Å²) in [5.74, 6) is 0.346. The Hall–Kier alpha value is -1.03. The first-order valence-corrected chi connectivity index (χ1v) is 6.85. The Morgan fingerprint density at radius 3 is 2.56 bits per heavy atom. The van der Waals surface area contributed by atoms with Crippen molar-refractivity contribution in [3.8, 4) is 0 Å². The number of hydrogen-bond donors (Lipinski definition) is 1. The summed E-state index contributed by atoms with van der Waals surface area (Å²) >= 11 is 6.29. The van der Waals surface area contributed by atoms with Crippen LogP contribution in [0.15, 0.2) is 6.20 Å². The third-order valence-corrected chi connectivity index (χ3v) is 3.79. The number of aromatic nitrogens is 2. The van der Waals surface area contributed by atoms with Crippen molar-refractivity contribution in [3.05, 3.63) is 17.5 Å². The van der Waals surface area contributed by atoms with E-state index in [2.05, 4.69) is 24.3 Å². The van der Waals surface area contributed by atoms with E-state index >= 15 is 0 Å². The van der Waals surface area contributed by atoms with Crippen molar-refractivity contribution >= 4 is 17.5 Å². The van der Waals surface area contributed by atoms with Gasteiger partial charge in [-0.05, 0) is 12.8 Å². The van der Waals surface area contributed by atoms with Crippen molar-refractivity contribution in [3.63, 3.8) is 0 Å². The molecule has 0 fully saturated rings. The van der Waals surface area contributed by atoms with Crippen LogP contribution in [0, 0.1) is 12.8 Å². The van der Waals surface area contributed by atoms with E-state index < -0.39 is 0 Å². The predicted octanol–water partition coefficient (Wildman–Crippen LogP) is 2.50. The molecule has 102 valence electrons. The second-order valence-corrected chi connectivity index (χ2v) is 5.17. The van der Waals surface area contributed by atoms with Crippen LogP contribution < -0.4 is 5.32 Å². The molecule has 18 heavy (non-hydrogen) atoms. The quantitative estimate of drug-likeness (QED) is 0.808. The molecule has 0 aliphatic rings. The van der Waals surface area contributed by atoms with Crippen LogP contribution in [-0.4, -0.2) is 27.6 Å². The first kappa shape index (κ1) is 15.0. The smallest absolute Gasteiger partial charge is 0.254 e. The molecule has 0 spiro atoms. The lowest BCUT2D eigenvalue weighted by Crippen LogP contribution is -2.33. The molecule has 1 rings (SSSR count). The van der Waals surface area contributed by atoms with Gasteiger partial charge in [0.05, 0.1) is 16.6 Å². The number of carbonyl (C=O) groups excluding carboxylic acids is 1. The zero-order valence-electron chi connectivity index (χ0n) is 11.5. The minimum Gasteiger partial charge on any atom is -0.350 e. The van der Waals surface area contributed by atoms with E-state index in [-0.39, 0.29) is 11.3 Å². The van der Waals surface area contributed by atoms with Crippen LogP contribution >= 0.6 is 11.6 Å². The summed E-state index contributed by atoms with van der Waals surface area (Å²) in [5, 5.41) is 7.01. The monoisotopic (exact) mass is 271 g/mol.